The maximum absolute atomic E-state index is 6.34. The third-order valence-electron chi connectivity index (χ3n) is 3.83. The Balaban J connectivity index is 1.56. The zero-order chi connectivity index (χ0) is 16.8. The van der Waals surface area contributed by atoms with Crippen LogP contribution in [-0.4, -0.2) is 15.0 Å². The summed E-state index contributed by atoms with van der Waals surface area (Å²) in [6.45, 7) is 2.96. The molecule has 4 heteroatoms. The number of halogens is 1. The Bertz CT molecular complexity index is 756. The van der Waals surface area contributed by atoms with Crippen LogP contribution in [0, 0.1) is 0 Å². The van der Waals surface area contributed by atoms with Crippen molar-refractivity contribution in [3.05, 3.63) is 88.7 Å². The van der Waals surface area contributed by atoms with E-state index in [2.05, 4.69) is 54.5 Å². The zero-order valence-corrected chi connectivity index (χ0v) is 15.3. The van der Waals surface area contributed by atoms with Crippen molar-refractivity contribution in [3.63, 3.8) is 0 Å². The third-order valence-corrected chi connectivity index (χ3v) is 5.37. The van der Waals surface area contributed by atoms with Gasteiger partial charge in [-0.3, -0.25) is 0 Å². The van der Waals surface area contributed by atoms with Crippen LogP contribution >= 0.6 is 23.4 Å². The highest BCUT2D eigenvalue weighted by Gasteiger charge is 2.11. The molecule has 0 saturated carbocycles. The van der Waals surface area contributed by atoms with Crippen LogP contribution < -0.4 is 0 Å². The molecule has 1 aromatic heterocycles. The van der Waals surface area contributed by atoms with Crippen molar-refractivity contribution in [2.45, 2.75) is 30.9 Å². The molecule has 0 amide bonds. The average molecular weight is 357 g/mol. The minimum atomic E-state index is 0.501. The summed E-state index contributed by atoms with van der Waals surface area (Å²) >= 11 is 8.30. The molecule has 0 aliphatic heterocycles. The summed E-state index contributed by atoms with van der Waals surface area (Å²) in [7, 11) is 0. The molecule has 2 nitrogen and oxygen atoms in total. The summed E-state index contributed by atoms with van der Waals surface area (Å²) in [6.07, 6.45) is 0.930. The predicted molar refractivity (Wildman–Crippen MR) is 104 cm³/mol. The molecule has 1 heterocycles. The van der Waals surface area contributed by atoms with Gasteiger partial charge in [-0.1, -0.05) is 79.2 Å². The van der Waals surface area contributed by atoms with E-state index in [-0.39, 0.29) is 0 Å². The van der Waals surface area contributed by atoms with Gasteiger partial charge < -0.3 is 0 Å². The lowest BCUT2D eigenvalue weighted by atomic mass is 10.2. The van der Waals surface area contributed by atoms with Crippen molar-refractivity contribution in [2.75, 3.05) is 0 Å². The largest absolute Gasteiger partial charge is 0.249 e. The lowest BCUT2D eigenvalue weighted by Crippen LogP contribution is -2.06. The van der Waals surface area contributed by atoms with E-state index in [1.165, 1.54) is 11.1 Å². The Morgan fingerprint density at radius 2 is 1.62 bits per heavy atom. The first-order valence-electron chi connectivity index (χ1n) is 8.12. The lowest BCUT2D eigenvalue weighted by Gasteiger charge is -2.09. The fraction of sp³-hybridized carbons (Fsp3) is 0.250. The van der Waals surface area contributed by atoms with E-state index < -0.39 is 0 Å². The van der Waals surface area contributed by atoms with Crippen LogP contribution in [0.5, 0.6) is 0 Å². The van der Waals surface area contributed by atoms with E-state index in [1.54, 1.807) is 0 Å². The molecule has 0 radical (unpaired) electrons. The van der Waals surface area contributed by atoms with Gasteiger partial charge in [-0.05, 0) is 17.2 Å². The van der Waals surface area contributed by atoms with E-state index in [0.717, 1.165) is 17.9 Å². The molecular weight excluding hydrogens is 336 g/mol. The van der Waals surface area contributed by atoms with Crippen molar-refractivity contribution in [1.29, 1.82) is 0 Å². The first kappa shape index (κ1) is 17.1. The Labute approximate surface area is 152 Å². The van der Waals surface area contributed by atoms with Crippen LogP contribution in [0.2, 0.25) is 5.15 Å². The van der Waals surface area contributed by atoms with Crippen molar-refractivity contribution in [3.8, 4) is 0 Å². The first-order valence-corrected chi connectivity index (χ1v) is 9.55. The number of hydrogen-bond donors (Lipinski definition) is 0. The second-order valence-electron chi connectivity index (χ2n) is 5.91. The number of benzene rings is 2. The van der Waals surface area contributed by atoms with Gasteiger partial charge in [0, 0.05) is 17.4 Å². The Hall–Kier alpha value is -1.71. The summed E-state index contributed by atoms with van der Waals surface area (Å²) in [4.78, 5) is 0. The molecule has 0 spiro atoms. The van der Waals surface area contributed by atoms with E-state index in [1.807, 2.05) is 40.7 Å². The van der Waals surface area contributed by atoms with Crippen molar-refractivity contribution in [1.82, 2.24) is 9.78 Å². The maximum atomic E-state index is 6.34. The highest BCUT2D eigenvalue weighted by atomic mass is 35.5. The molecule has 2 aromatic carbocycles. The van der Waals surface area contributed by atoms with E-state index in [0.29, 0.717) is 16.9 Å². The number of rotatable bonds is 7. The topological polar surface area (TPSA) is 17.8 Å². The molecule has 0 N–H and O–H groups in total. The molecule has 0 bridgehead atoms. The maximum Gasteiger partial charge on any atom is 0.127 e. The molecule has 1 atom stereocenters. The van der Waals surface area contributed by atoms with Gasteiger partial charge in [0.25, 0.3) is 0 Å². The van der Waals surface area contributed by atoms with Crippen LogP contribution in [0.1, 0.15) is 23.7 Å². The predicted octanol–water partition coefficient (Wildman–Crippen LogP) is 5.45. The standard InChI is InChI=1S/C20H21ClN2S/c1-16(24-15-18-10-6-3-7-11-18)12-19-13-20(21)23(22-19)14-17-8-4-2-5-9-17/h2-11,13,16H,12,14-15H2,1H3. The van der Waals surface area contributed by atoms with E-state index >= 15 is 0 Å². The van der Waals surface area contributed by atoms with Gasteiger partial charge >= 0.3 is 0 Å². The molecule has 0 aliphatic carbocycles. The van der Waals surface area contributed by atoms with Gasteiger partial charge in [-0.25, -0.2) is 4.68 Å². The summed E-state index contributed by atoms with van der Waals surface area (Å²) < 4.78 is 1.88. The average Bonchev–Trinajstić information content (AvgIpc) is 2.94. The lowest BCUT2D eigenvalue weighted by molar-refractivity contribution is 0.670. The Morgan fingerprint density at radius 3 is 2.29 bits per heavy atom. The number of hydrogen-bond acceptors (Lipinski definition) is 2. The fourth-order valence-electron chi connectivity index (χ4n) is 2.58. The van der Waals surface area contributed by atoms with Crippen LogP contribution in [0.25, 0.3) is 0 Å². The quantitative estimate of drug-likeness (QED) is 0.560. The van der Waals surface area contributed by atoms with Crippen LogP contribution in [-0.2, 0) is 18.7 Å². The highest BCUT2D eigenvalue weighted by Crippen LogP contribution is 2.22. The number of nitrogens with zero attached hydrogens (tertiary/aromatic N) is 2. The van der Waals surface area contributed by atoms with Gasteiger partial charge in [0.1, 0.15) is 5.15 Å². The summed E-state index contributed by atoms with van der Waals surface area (Å²) in [5.74, 6) is 1.03. The first-order chi connectivity index (χ1) is 11.7. The Kier molecular flexibility index (Phi) is 6.00. The third kappa shape index (κ3) is 4.89. The van der Waals surface area contributed by atoms with Gasteiger partial charge in [0.05, 0.1) is 12.2 Å². The smallest absolute Gasteiger partial charge is 0.127 e. The molecule has 24 heavy (non-hydrogen) atoms. The molecule has 3 aromatic rings. The molecule has 124 valence electrons. The molecular formula is C20H21ClN2S. The minimum Gasteiger partial charge on any atom is -0.249 e. The van der Waals surface area contributed by atoms with Crippen molar-refractivity contribution < 1.29 is 0 Å². The summed E-state index contributed by atoms with van der Waals surface area (Å²) in [5, 5.41) is 5.88. The van der Waals surface area contributed by atoms with Crippen molar-refractivity contribution in [2.24, 2.45) is 0 Å². The van der Waals surface area contributed by atoms with Gasteiger partial charge in [0.15, 0.2) is 0 Å². The highest BCUT2D eigenvalue weighted by molar-refractivity contribution is 7.99. The van der Waals surface area contributed by atoms with Crippen LogP contribution in [0.3, 0.4) is 0 Å². The zero-order valence-electron chi connectivity index (χ0n) is 13.7. The second kappa shape index (κ2) is 8.41. The van der Waals surface area contributed by atoms with Crippen LogP contribution in [0.15, 0.2) is 66.7 Å². The summed E-state index contributed by atoms with van der Waals surface area (Å²) in [6, 6.07) is 22.8. The monoisotopic (exact) mass is 356 g/mol. The van der Waals surface area contributed by atoms with Gasteiger partial charge in [0.2, 0.25) is 0 Å². The van der Waals surface area contributed by atoms with Crippen LogP contribution in [0.4, 0.5) is 0 Å². The minimum absolute atomic E-state index is 0.501. The van der Waals surface area contributed by atoms with E-state index in [4.69, 9.17) is 11.6 Å². The number of aromatic nitrogens is 2. The Morgan fingerprint density at radius 1 is 1.00 bits per heavy atom. The molecule has 0 aliphatic rings. The van der Waals surface area contributed by atoms with Gasteiger partial charge in [-0.15, -0.1) is 0 Å². The molecule has 1 unspecified atom stereocenters. The SMILES string of the molecule is CC(Cc1cc(Cl)n(Cc2ccccc2)n1)SCc1ccccc1. The normalized spacial score (nSPS) is 12.2. The van der Waals surface area contributed by atoms with Crippen molar-refractivity contribution >= 4 is 23.4 Å². The second-order valence-corrected chi connectivity index (χ2v) is 7.73. The molecule has 0 fully saturated rings. The number of thioether (sulfide) groups is 1. The fourth-order valence-corrected chi connectivity index (χ4v) is 3.76. The van der Waals surface area contributed by atoms with Gasteiger partial charge in [-0.2, -0.15) is 16.9 Å². The molecule has 3 rings (SSSR count). The summed E-state index contributed by atoms with van der Waals surface area (Å²) in [5.41, 5.74) is 3.63. The molecule has 0 saturated heterocycles. The van der Waals surface area contributed by atoms with E-state index in [9.17, 15) is 0 Å².